The molecule has 1 fully saturated rings. The maximum Gasteiger partial charge on any atom is 0.270 e. The first-order valence-corrected chi connectivity index (χ1v) is 11.1. The molecule has 2 amide bonds. The monoisotopic (exact) mass is 469 g/mol. The number of rotatable bonds is 6. The van der Waals surface area contributed by atoms with Crippen LogP contribution in [0.15, 0.2) is 48.5 Å². The van der Waals surface area contributed by atoms with E-state index in [0.717, 1.165) is 18.8 Å². The molecule has 9 nitrogen and oxygen atoms in total. The van der Waals surface area contributed by atoms with E-state index in [1.807, 2.05) is 29.2 Å². The molecule has 1 aliphatic heterocycles. The van der Waals surface area contributed by atoms with Crippen LogP contribution in [0.4, 0.5) is 17.1 Å². The van der Waals surface area contributed by atoms with Crippen molar-refractivity contribution in [2.45, 2.75) is 20.3 Å². The number of nitrogens with one attached hydrogen (secondary N) is 2. The molecule has 0 aromatic heterocycles. The van der Waals surface area contributed by atoms with Crippen LogP contribution in [-0.2, 0) is 4.79 Å². The lowest BCUT2D eigenvalue weighted by molar-refractivity contribution is -0.384. The fourth-order valence-electron chi connectivity index (χ4n) is 3.55. The number of thiocarbonyl (C=S) groups is 1. The Bertz CT molecular complexity index is 1030. The van der Waals surface area contributed by atoms with Gasteiger partial charge in [-0.1, -0.05) is 19.9 Å². The van der Waals surface area contributed by atoms with Gasteiger partial charge in [0.2, 0.25) is 5.91 Å². The molecule has 0 bridgehead atoms. The van der Waals surface area contributed by atoms with E-state index in [1.165, 1.54) is 24.3 Å². The number of benzene rings is 2. The number of nitrogens with zero attached hydrogens (tertiary/aromatic N) is 3. The van der Waals surface area contributed by atoms with E-state index in [1.54, 1.807) is 0 Å². The minimum absolute atomic E-state index is 0.0940. The van der Waals surface area contributed by atoms with Gasteiger partial charge in [0.25, 0.3) is 11.6 Å². The van der Waals surface area contributed by atoms with Gasteiger partial charge in [-0.15, -0.1) is 0 Å². The van der Waals surface area contributed by atoms with E-state index in [2.05, 4.69) is 29.4 Å². The summed E-state index contributed by atoms with van der Waals surface area (Å²) in [4.78, 5) is 39.0. The lowest BCUT2D eigenvalue weighted by Crippen LogP contribution is -2.49. The summed E-state index contributed by atoms with van der Waals surface area (Å²) in [7, 11) is 0. The maximum atomic E-state index is 12.3. The van der Waals surface area contributed by atoms with Crippen LogP contribution in [0.2, 0.25) is 0 Å². The molecule has 33 heavy (non-hydrogen) atoms. The summed E-state index contributed by atoms with van der Waals surface area (Å²) in [5.41, 5.74) is 1.73. The van der Waals surface area contributed by atoms with Gasteiger partial charge in [0.1, 0.15) is 0 Å². The quantitative estimate of drug-likeness (QED) is 0.379. The number of nitro groups is 1. The second kappa shape index (κ2) is 10.9. The summed E-state index contributed by atoms with van der Waals surface area (Å²) >= 11 is 5.20. The third kappa shape index (κ3) is 6.72. The van der Waals surface area contributed by atoms with Crippen molar-refractivity contribution in [3.05, 3.63) is 64.2 Å². The highest BCUT2D eigenvalue weighted by atomic mass is 32.1. The Balaban J connectivity index is 1.51. The molecule has 1 aliphatic rings. The number of carbonyl (C=O) groups is 2. The maximum absolute atomic E-state index is 12.3. The molecule has 1 heterocycles. The van der Waals surface area contributed by atoms with E-state index >= 15 is 0 Å². The molecule has 10 heteroatoms. The SMILES string of the molecule is CC(C)CC(=O)N1CCN(c2ccc(NC(=S)NC(=O)c3cccc([N+](=O)[O-])c3)cc2)CC1. The summed E-state index contributed by atoms with van der Waals surface area (Å²) in [6.45, 7) is 7.06. The lowest BCUT2D eigenvalue weighted by Gasteiger charge is -2.36. The Morgan fingerprint density at radius 3 is 2.36 bits per heavy atom. The molecule has 0 radical (unpaired) electrons. The van der Waals surface area contributed by atoms with Gasteiger partial charge in [0.05, 0.1) is 4.92 Å². The smallest absolute Gasteiger partial charge is 0.270 e. The van der Waals surface area contributed by atoms with Crippen molar-refractivity contribution in [3.8, 4) is 0 Å². The molecule has 2 aromatic carbocycles. The molecule has 174 valence electrons. The van der Waals surface area contributed by atoms with E-state index in [-0.39, 0.29) is 22.3 Å². The fraction of sp³-hybridized carbons (Fsp3) is 0.348. The van der Waals surface area contributed by atoms with Crippen LogP contribution >= 0.6 is 12.2 Å². The zero-order chi connectivity index (χ0) is 24.0. The van der Waals surface area contributed by atoms with Crippen LogP contribution in [0.5, 0.6) is 0 Å². The molecule has 0 unspecified atom stereocenters. The molecular formula is C23H27N5O4S. The van der Waals surface area contributed by atoms with Crippen LogP contribution in [0.25, 0.3) is 0 Å². The van der Waals surface area contributed by atoms with Gasteiger partial charge in [-0.3, -0.25) is 25.0 Å². The van der Waals surface area contributed by atoms with Crippen LogP contribution < -0.4 is 15.5 Å². The summed E-state index contributed by atoms with van der Waals surface area (Å²) in [5, 5.41) is 16.4. The topological polar surface area (TPSA) is 108 Å². The van der Waals surface area contributed by atoms with E-state index < -0.39 is 10.8 Å². The molecular weight excluding hydrogens is 442 g/mol. The summed E-state index contributed by atoms with van der Waals surface area (Å²) in [6, 6.07) is 13.1. The Hall–Kier alpha value is -3.53. The fourth-order valence-corrected chi connectivity index (χ4v) is 3.76. The average Bonchev–Trinajstić information content (AvgIpc) is 2.79. The average molecular weight is 470 g/mol. The van der Waals surface area contributed by atoms with Crippen LogP contribution in [0, 0.1) is 16.0 Å². The Morgan fingerprint density at radius 1 is 1.09 bits per heavy atom. The Labute approximate surface area is 197 Å². The molecule has 2 aromatic rings. The van der Waals surface area contributed by atoms with Crippen molar-refractivity contribution >= 4 is 46.2 Å². The van der Waals surface area contributed by atoms with Gasteiger partial charge < -0.3 is 15.1 Å². The van der Waals surface area contributed by atoms with Crippen LogP contribution in [0.3, 0.4) is 0 Å². The standard InChI is InChI=1S/C23H27N5O4S/c1-16(2)14-21(29)27-12-10-26(11-13-27)19-8-6-18(7-9-19)24-23(33)25-22(30)17-4-3-5-20(15-17)28(31)32/h3-9,15-16H,10-14H2,1-2H3,(H2,24,25,30,33). The first-order chi connectivity index (χ1) is 15.7. The third-order valence-corrected chi connectivity index (χ3v) is 5.46. The summed E-state index contributed by atoms with van der Waals surface area (Å²) < 4.78 is 0. The molecule has 3 rings (SSSR count). The van der Waals surface area contributed by atoms with Crippen molar-refractivity contribution in [1.29, 1.82) is 0 Å². The summed E-state index contributed by atoms with van der Waals surface area (Å²) in [5.74, 6) is 0.0419. The highest BCUT2D eigenvalue weighted by molar-refractivity contribution is 7.80. The zero-order valence-corrected chi connectivity index (χ0v) is 19.4. The Morgan fingerprint density at radius 2 is 1.76 bits per heavy atom. The zero-order valence-electron chi connectivity index (χ0n) is 18.6. The minimum atomic E-state index is -0.557. The van der Waals surface area contributed by atoms with Gasteiger partial charge >= 0.3 is 0 Å². The van der Waals surface area contributed by atoms with Crippen LogP contribution in [0.1, 0.15) is 30.6 Å². The van der Waals surface area contributed by atoms with E-state index in [0.29, 0.717) is 31.1 Å². The number of piperazine rings is 1. The number of hydrogen-bond acceptors (Lipinski definition) is 6. The molecule has 0 aliphatic carbocycles. The number of nitro benzene ring substituents is 1. The van der Waals surface area contributed by atoms with Gasteiger partial charge in [0.15, 0.2) is 5.11 Å². The van der Waals surface area contributed by atoms with Gasteiger partial charge in [-0.2, -0.15) is 0 Å². The van der Waals surface area contributed by atoms with E-state index in [4.69, 9.17) is 12.2 Å². The number of non-ortho nitro benzene ring substituents is 1. The van der Waals surface area contributed by atoms with Crippen molar-refractivity contribution in [2.24, 2.45) is 5.92 Å². The number of carbonyl (C=O) groups excluding carboxylic acids is 2. The predicted molar refractivity (Wildman–Crippen MR) is 131 cm³/mol. The minimum Gasteiger partial charge on any atom is -0.368 e. The van der Waals surface area contributed by atoms with Crippen LogP contribution in [-0.4, -0.2) is 52.9 Å². The second-order valence-electron chi connectivity index (χ2n) is 8.23. The Kier molecular flexibility index (Phi) is 7.94. The van der Waals surface area contributed by atoms with Gasteiger partial charge in [0, 0.05) is 61.7 Å². The van der Waals surface area contributed by atoms with Gasteiger partial charge in [-0.05, 0) is 48.5 Å². The molecule has 1 saturated heterocycles. The van der Waals surface area contributed by atoms with Crippen molar-refractivity contribution in [2.75, 3.05) is 36.4 Å². The third-order valence-electron chi connectivity index (χ3n) is 5.25. The molecule has 0 atom stereocenters. The first kappa shape index (κ1) is 24.1. The number of amides is 2. The van der Waals surface area contributed by atoms with Crippen molar-refractivity contribution in [3.63, 3.8) is 0 Å². The van der Waals surface area contributed by atoms with Gasteiger partial charge in [-0.25, -0.2) is 0 Å². The molecule has 0 saturated carbocycles. The highest BCUT2D eigenvalue weighted by Gasteiger charge is 2.21. The second-order valence-corrected chi connectivity index (χ2v) is 8.64. The highest BCUT2D eigenvalue weighted by Crippen LogP contribution is 2.20. The van der Waals surface area contributed by atoms with Crippen molar-refractivity contribution < 1.29 is 14.5 Å². The molecule has 0 spiro atoms. The number of anilines is 2. The lowest BCUT2D eigenvalue weighted by atomic mass is 10.1. The summed E-state index contributed by atoms with van der Waals surface area (Å²) in [6.07, 6.45) is 0.581. The predicted octanol–water partition coefficient (Wildman–Crippen LogP) is 3.42. The molecule has 2 N–H and O–H groups in total. The first-order valence-electron chi connectivity index (χ1n) is 10.7. The number of hydrogen-bond donors (Lipinski definition) is 2. The van der Waals surface area contributed by atoms with Crippen molar-refractivity contribution in [1.82, 2.24) is 10.2 Å². The largest absolute Gasteiger partial charge is 0.368 e. The van der Waals surface area contributed by atoms with E-state index in [9.17, 15) is 19.7 Å². The normalized spacial score (nSPS) is 13.5.